The van der Waals surface area contributed by atoms with Crippen LogP contribution >= 0.6 is 0 Å². The van der Waals surface area contributed by atoms with Gasteiger partial charge in [-0.3, -0.25) is 4.79 Å². The van der Waals surface area contributed by atoms with Crippen LogP contribution in [0.5, 0.6) is 5.75 Å². The molecule has 0 aliphatic carbocycles. The first kappa shape index (κ1) is 14.7. The van der Waals surface area contributed by atoms with Crippen molar-refractivity contribution in [3.63, 3.8) is 0 Å². The van der Waals surface area contributed by atoms with Crippen LogP contribution in [0.2, 0.25) is 0 Å². The number of carbonyl (C=O) groups excluding carboxylic acids is 1. The smallest absolute Gasteiger partial charge is 0.147 e. The highest BCUT2D eigenvalue weighted by atomic mass is 32.2. The standard InChI is InChI=1S/C13H18O4S/c1-17-13-7-4-11(5-8-13)3-6-12(14)9-10-18(2,15)16/h4-5,7-8H,3,6,9-10H2,1-2H3. The number of rotatable bonds is 7. The number of carbonyl (C=O) groups is 1. The largest absolute Gasteiger partial charge is 0.497 e. The molecule has 0 unspecified atom stereocenters. The molecule has 18 heavy (non-hydrogen) atoms. The number of Topliss-reactive ketones (excluding diaryl/α,β-unsaturated/α-hetero) is 1. The summed E-state index contributed by atoms with van der Waals surface area (Å²) in [5.74, 6) is 0.701. The molecule has 0 heterocycles. The Labute approximate surface area is 108 Å². The van der Waals surface area contributed by atoms with Gasteiger partial charge in [-0.25, -0.2) is 8.42 Å². The van der Waals surface area contributed by atoms with Crippen LogP contribution in [-0.2, 0) is 21.1 Å². The van der Waals surface area contributed by atoms with E-state index in [1.165, 1.54) is 0 Å². The van der Waals surface area contributed by atoms with Crippen molar-refractivity contribution < 1.29 is 17.9 Å². The van der Waals surface area contributed by atoms with Crippen molar-refractivity contribution in [1.82, 2.24) is 0 Å². The fourth-order valence-corrected chi connectivity index (χ4v) is 2.10. The van der Waals surface area contributed by atoms with Crippen molar-refractivity contribution in [2.75, 3.05) is 19.1 Å². The number of sulfone groups is 1. The zero-order chi connectivity index (χ0) is 13.6. The van der Waals surface area contributed by atoms with E-state index in [1.54, 1.807) is 7.11 Å². The highest BCUT2D eigenvalue weighted by Crippen LogP contribution is 2.13. The Balaban J connectivity index is 2.38. The number of benzene rings is 1. The van der Waals surface area contributed by atoms with Gasteiger partial charge in [0.2, 0.25) is 0 Å². The summed E-state index contributed by atoms with van der Waals surface area (Å²) in [4.78, 5) is 11.5. The number of ketones is 1. The average Bonchev–Trinajstić information content (AvgIpc) is 2.33. The summed E-state index contributed by atoms with van der Waals surface area (Å²) in [5, 5.41) is 0. The summed E-state index contributed by atoms with van der Waals surface area (Å²) in [5.41, 5.74) is 1.04. The van der Waals surface area contributed by atoms with Crippen molar-refractivity contribution in [2.45, 2.75) is 19.3 Å². The number of aryl methyl sites for hydroxylation is 1. The van der Waals surface area contributed by atoms with Crippen LogP contribution in [0.25, 0.3) is 0 Å². The van der Waals surface area contributed by atoms with Gasteiger partial charge in [-0.1, -0.05) is 12.1 Å². The Kier molecular flexibility index (Phi) is 5.34. The summed E-state index contributed by atoms with van der Waals surface area (Å²) < 4.78 is 26.9. The van der Waals surface area contributed by atoms with Gasteiger partial charge in [0, 0.05) is 19.1 Å². The average molecular weight is 270 g/mol. The minimum Gasteiger partial charge on any atom is -0.497 e. The maximum absolute atomic E-state index is 11.5. The van der Waals surface area contributed by atoms with Gasteiger partial charge < -0.3 is 4.74 Å². The molecule has 0 saturated heterocycles. The zero-order valence-corrected chi connectivity index (χ0v) is 11.5. The minimum absolute atomic E-state index is 0.0174. The molecule has 0 spiro atoms. The van der Waals surface area contributed by atoms with Crippen LogP contribution in [0, 0.1) is 0 Å². The summed E-state index contributed by atoms with van der Waals surface area (Å²) in [6, 6.07) is 7.50. The molecule has 0 N–H and O–H groups in total. The van der Waals surface area contributed by atoms with Gasteiger partial charge in [0.15, 0.2) is 0 Å². The van der Waals surface area contributed by atoms with E-state index in [-0.39, 0.29) is 18.0 Å². The lowest BCUT2D eigenvalue weighted by molar-refractivity contribution is -0.118. The first-order valence-corrected chi connectivity index (χ1v) is 7.79. The molecule has 0 bridgehead atoms. The molecule has 0 radical (unpaired) electrons. The third kappa shape index (κ3) is 5.82. The predicted molar refractivity (Wildman–Crippen MR) is 70.6 cm³/mol. The number of methoxy groups -OCH3 is 1. The molecule has 100 valence electrons. The van der Waals surface area contributed by atoms with E-state index in [0.29, 0.717) is 12.8 Å². The molecule has 1 aromatic carbocycles. The SMILES string of the molecule is COc1ccc(CCC(=O)CCS(C)(=O)=O)cc1. The highest BCUT2D eigenvalue weighted by Gasteiger charge is 2.08. The highest BCUT2D eigenvalue weighted by molar-refractivity contribution is 7.90. The van der Waals surface area contributed by atoms with Crippen LogP contribution in [0.15, 0.2) is 24.3 Å². The van der Waals surface area contributed by atoms with Gasteiger partial charge in [0.05, 0.1) is 12.9 Å². The lowest BCUT2D eigenvalue weighted by Gasteiger charge is -2.03. The van der Waals surface area contributed by atoms with Crippen LogP contribution in [0.3, 0.4) is 0 Å². The second kappa shape index (κ2) is 6.54. The molecule has 0 aromatic heterocycles. The first-order chi connectivity index (χ1) is 8.40. The minimum atomic E-state index is -3.05. The molecule has 0 aliphatic rings. The van der Waals surface area contributed by atoms with Crippen molar-refractivity contribution >= 4 is 15.6 Å². The summed E-state index contributed by atoms with van der Waals surface area (Å²) in [6.07, 6.45) is 2.26. The van der Waals surface area contributed by atoms with Crippen LogP contribution in [0.1, 0.15) is 18.4 Å². The molecular formula is C13H18O4S. The van der Waals surface area contributed by atoms with Gasteiger partial charge in [0.1, 0.15) is 21.4 Å². The summed E-state index contributed by atoms with van der Waals surface area (Å²) in [6.45, 7) is 0. The van der Waals surface area contributed by atoms with Gasteiger partial charge in [-0.15, -0.1) is 0 Å². The molecular weight excluding hydrogens is 252 g/mol. The molecule has 0 fully saturated rings. The van der Waals surface area contributed by atoms with Crippen molar-refractivity contribution in [2.24, 2.45) is 0 Å². The quantitative estimate of drug-likeness (QED) is 0.755. The van der Waals surface area contributed by atoms with Crippen molar-refractivity contribution in [1.29, 1.82) is 0 Å². The predicted octanol–water partition coefficient (Wildman–Crippen LogP) is 1.63. The lowest BCUT2D eigenvalue weighted by Crippen LogP contribution is -2.09. The van der Waals surface area contributed by atoms with Crippen LogP contribution < -0.4 is 4.74 Å². The summed E-state index contributed by atoms with van der Waals surface area (Å²) >= 11 is 0. The van der Waals surface area contributed by atoms with E-state index in [4.69, 9.17) is 4.74 Å². The molecule has 0 atom stereocenters. The summed E-state index contributed by atoms with van der Waals surface area (Å²) in [7, 11) is -1.45. The monoisotopic (exact) mass is 270 g/mol. The van der Waals surface area contributed by atoms with E-state index in [2.05, 4.69) is 0 Å². The Morgan fingerprint density at radius 3 is 2.28 bits per heavy atom. The van der Waals surface area contributed by atoms with E-state index in [9.17, 15) is 13.2 Å². The Hall–Kier alpha value is -1.36. The topological polar surface area (TPSA) is 60.4 Å². The second-order valence-electron chi connectivity index (χ2n) is 4.27. The van der Waals surface area contributed by atoms with E-state index < -0.39 is 9.84 Å². The van der Waals surface area contributed by atoms with E-state index in [0.717, 1.165) is 17.6 Å². The van der Waals surface area contributed by atoms with Crippen LogP contribution in [0.4, 0.5) is 0 Å². The maximum atomic E-state index is 11.5. The molecule has 5 heteroatoms. The molecule has 1 rings (SSSR count). The van der Waals surface area contributed by atoms with Gasteiger partial charge in [0.25, 0.3) is 0 Å². The van der Waals surface area contributed by atoms with Crippen molar-refractivity contribution in [3.05, 3.63) is 29.8 Å². The van der Waals surface area contributed by atoms with E-state index >= 15 is 0 Å². The molecule has 0 amide bonds. The number of hydrogen-bond acceptors (Lipinski definition) is 4. The van der Waals surface area contributed by atoms with E-state index in [1.807, 2.05) is 24.3 Å². The van der Waals surface area contributed by atoms with Gasteiger partial charge in [-0.05, 0) is 24.1 Å². The Morgan fingerprint density at radius 1 is 1.17 bits per heavy atom. The molecule has 0 aliphatic heterocycles. The molecule has 4 nitrogen and oxygen atoms in total. The third-order valence-corrected chi connectivity index (χ3v) is 3.55. The first-order valence-electron chi connectivity index (χ1n) is 5.73. The van der Waals surface area contributed by atoms with Gasteiger partial charge >= 0.3 is 0 Å². The van der Waals surface area contributed by atoms with Crippen molar-refractivity contribution in [3.8, 4) is 5.75 Å². The lowest BCUT2D eigenvalue weighted by atomic mass is 10.1. The number of ether oxygens (including phenoxy) is 1. The Bertz CT molecular complexity index is 488. The fourth-order valence-electron chi connectivity index (χ4n) is 1.50. The zero-order valence-electron chi connectivity index (χ0n) is 10.7. The Morgan fingerprint density at radius 2 is 1.78 bits per heavy atom. The fraction of sp³-hybridized carbons (Fsp3) is 0.462. The van der Waals surface area contributed by atoms with Gasteiger partial charge in [-0.2, -0.15) is 0 Å². The van der Waals surface area contributed by atoms with Crippen LogP contribution in [-0.4, -0.2) is 33.3 Å². The molecule has 1 aromatic rings. The second-order valence-corrected chi connectivity index (χ2v) is 6.53. The maximum Gasteiger partial charge on any atom is 0.147 e. The number of hydrogen-bond donors (Lipinski definition) is 0. The molecule has 0 saturated carbocycles. The normalized spacial score (nSPS) is 11.2. The third-order valence-electron chi connectivity index (χ3n) is 2.60.